The van der Waals surface area contributed by atoms with Gasteiger partial charge >= 0.3 is 5.97 Å². The lowest BCUT2D eigenvalue weighted by molar-refractivity contribution is 0.0501. The zero-order valence-corrected chi connectivity index (χ0v) is 23.6. The Labute approximate surface area is 233 Å². The number of nitrogens with zero attached hydrogens (tertiary/aromatic N) is 2. The minimum absolute atomic E-state index is 0.137. The van der Waals surface area contributed by atoms with Crippen molar-refractivity contribution in [2.24, 2.45) is 0 Å². The number of carbonyl (C=O) groups excluding carboxylic acids is 1. The van der Waals surface area contributed by atoms with Gasteiger partial charge in [-0.1, -0.05) is 102 Å². The molecule has 0 unspecified atom stereocenters. The summed E-state index contributed by atoms with van der Waals surface area (Å²) in [6, 6.07) is 15.5. The van der Waals surface area contributed by atoms with Gasteiger partial charge in [0.2, 0.25) is 0 Å². The van der Waals surface area contributed by atoms with Crippen LogP contribution in [0.4, 0.5) is 0 Å². The average molecular weight is 537 g/mol. The SMILES string of the molecule is CCCCCCC[C@@H](Cl)COC(=O)c1ccc(-c2ccc(-c3ncc(OCCCCCC)cn3)cc2)cc1. The van der Waals surface area contributed by atoms with Crippen LogP contribution in [-0.4, -0.2) is 34.5 Å². The van der Waals surface area contributed by atoms with Gasteiger partial charge < -0.3 is 9.47 Å². The second kappa shape index (κ2) is 16.8. The third-order valence-electron chi connectivity index (χ3n) is 6.51. The molecule has 0 bridgehead atoms. The zero-order chi connectivity index (χ0) is 27.0. The first-order chi connectivity index (χ1) is 18.6. The van der Waals surface area contributed by atoms with Gasteiger partial charge in [-0.05, 0) is 36.1 Å². The van der Waals surface area contributed by atoms with Crippen LogP contribution in [0, 0.1) is 0 Å². The third-order valence-corrected chi connectivity index (χ3v) is 6.85. The second-order valence-corrected chi connectivity index (χ2v) is 10.3. The first-order valence-electron chi connectivity index (χ1n) is 14.1. The van der Waals surface area contributed by atoms with Crippen LogP contribution >= 0.6 is 11.6 Å². The summed E-state index contributed by atoms with van der Waals surface area (Å²) in [6.07, 6.45) is 15.0. The number of alkyl halides is 1. The van der Waals surface area contributed by atoms with Crippen LogP contribution in [0.3, 0.4) is 0 Å². The maximum atomic E-state index is 12.4. The van der Waals surface area contributed by atoms with Crippen LogP contribution in [0.15, 0.2) is 60.9 Å². The topological polar surface area (TPSA) is 61.3 Å². The summed E-state index contributed by atoms with van der Waals surface area (Å²) >= 11 is 6.34. The molecular formula is C32H41ClN2O3. The molecule has 0 amide bonds. The predicted molar refractivity (Wildman–Crippen MR) is 156 cm³/mol. The molecule has 0 aliphatic rings. The normalized spacial score (nSPS) is 11.8. The Morgan fingerprint density at radius 2 is 1.32 bits per heavy atom. The molecule has 0 saturated carbocycles. The fraction of sp³-hybridized carbons (Fsp3) is 0.469. The number of ether oxygens (including phenoxy) is 2. The fourth-order valence-electron chi connectivity index (χ4n) is 4.17. The number of benzene rings is 2. The molecule has 38 heavy (non-hydrogen) atoms. The Balaban J connectivity index is 1.46. The van der Waals surface area contributed by atoms with E-state index in [1.807, 2.05) is 36.4 Å². The van der Waals surface area contributed by atoms with Gasteiger partial charge in [0, 0.05) is 5.56 Å². The van der Waals surface area contributed by atoms with E-state index in [0.29, 0.717) is 23.7 Å². The van der Waals surface area contributed by atoms with Crippen molar-refractivity contribution in [1.82, 2.24) is 9.97 Å². The van der Waals surface area contributed by atoms with Crippen molar-refractivity contribution in [2.75, 3.05) is 13.2 Å². The van der Waals surface area contributed by atoms with Crippen LogP contribution in [0.2, 0.25) is 0 Å². The number of carbonyl (C=O) groups is 1. The molecule has 2 aromatic carbocycles. The monoisotopic (exact) mass is 536 g/mol. The van der Waals surface area contributed by atoms with Gasteiger partial charge in [0.25, 0.3) is 0 Å². The highest BCUT2D eigenvalue weighted by atomic mass is 35.5. The molecule has 5 nitrogen and oxygen atoms in total. The summed E-state index contributed by atoms with van der Waals surface area (Å²) in [5.74, 6) is 1.02. The minimum Gasteiger partial charge on any atom is -0.490 e. The average Bonchev–Trinajstić information content (AvgIpc) is 2.96. The molecular weight excluding hydrogens is 496 g/mol. The molecule has 0 radical (unpaired) electrons. The van der Waals surface area contributed by atoms with E-state index < -0.39 is 0 Å². The Bertz CT molecular complexity index is 1070. The lowest BCUT2D eigenvalue weighted by Gasteiger charge is -2.11. The van der Waals surface area contributed by atoms with Crippen LogP contribution in [0.25, 0.3) is 22.5 Å². The standard InChI is InChI=1S/C32H41ClN2O3/c1-3-5-7-9-10-12-29(33)24-38-32(36)28-19-15-26(16-20-28)25-13-17-27(18-14-25)31-34-22-30(23-35-31)37-21-11-8-6-4-2/h13-20,22-23,29H,3-12,21,24H2,1-2H3/t29-/m1/s1. The summed E-state index contributed by atoms with van der Waals surface area (Å²) < 4.78 is 11.2. The summed E-state index contributed by atoms with van der Waals surface area (Å²) in [7, 11) is 0. The highest BCUT2D eigenvalue weighted by molar-refractivity contribution is 6.20. The summed E-state index contributed by atoms with van der Waals surface area (Å²) in [5, 5.41) is -0.137. The Hall–Kier alpha value is -2.92. The zero-order valence-electron chi connectivity index (χ0n) is 22.8. The molecule has 1 aromatic heterocycles. The highest BCUT2D eigenvalue weighted by Gasteiger charge is 2.12. The molecule has 3 rings (SSSR count). The van der Waals surface area contributed by atoms with Gasteiger partial charge in [0.1, 0.15) is 6.61 Å². The van der Waals surface area contributed by atoms with Crippen molar-refractivity contribution in [3.8, 4) is 28.3 Å². The number of esters is 1. The molecule has 1 heterocycles. The largest absolute Gasteiger partial charge is 0.490 e. The number of halogens is 1. The minimum atomic E-state index is -0.339. The van der Waals surface area contributed by atoms with E-state index in [2.05, 4.69) is 23.8 Å². The Kier molecular flexibility index (Phi) is 13.1. The molecule has 0 aliphatic carbocycles. The van der Waals surface area contributed by atoms with Gasteiger partial charge in [-0.2, -0.15) is 0 Å². The highest BCUT2D eigenvalue weighted by Crippen LogP contribution is 2.24. The summed E-state index contributed by atoms with van der Waals surface area (Å²) in [5.41, 5.74) is 3.52. The van der Waals surface area contributed by atoms with E-state index in [0.717, 1.165) is 36.0 Å². The number of hydrogen-bond donors (Lipinski definition) is 0. The van der Waals surface area contributed by atoms with Crippen molar-refractivity contribution in [3.63, 3.8) is 0 Å². The quantitative estimate of drug-likeness (QED) is 0.0978. The van der Waals surface area contributed by atoms with Crippen molar-refractivity contribution >= 4 is 17.6 Å². The van der Waals surface area contributed by atoms with Gasteiger partial charge in [0.15, 0.2) is 11.6 Å². The number of rotatable bonds is 17. The molecule has 0 spiro atoms. The Morgan fingerprint density at radius 1 is 0.763 bits per heavy atom. The first-order valence-corrected chi connectivity index (χ1v) is 14.5. The van der Waals surface area contributed by atoms with Crippen molar-refractivity contribution in [2.45, 2.75) is 83.4 Å². The fourth-order valence-corrected chi connectivity index (χ4v) is 4.39. The van der Waals surface area contributed by atoms with Crippen LogP contribution in [0.5, 0.6) is 5.75 Å². The lowest BCUT2D eigenvalue weighted by atomic mass is 10.0. The second-order valence-electron chi connectivity index (χ2n) is 9.70. The van der Waals surface area contributed by atoms with Gasteiger partial charge in [-0.25, -0.2) is 14.8 Å². The van der Waals surface area contributed by atoms with Crippen molar-refractivity contribution < 1.29 is 14.3 Å². The van der Waals surface area contributed by atoms with Gasteiger partial charge in [-0.15, -0.1) is 11.6 Å². The summed E-state index contributed by atoms with van der Waals surface area (Å²) in [6.45, 7) is 5.34. The van der Waals surface area contributed by atoms with E-state index in [1.54, 1.807) is 24.5 Å². The van der Waals surface area contributed by atoms with Crippen LogP contribution < -0.4 is 4.74 Å². The van der Waals surface area contributed by atoms with E-state index in [9.17, 15) is 4.79 Å². The molecule has 1 atom stereocenters. The van der Waals surface area contributed by atoms with Gasteiger partial charge in [0.05, 0.1) is 29.9 Å². The maximum absolute atomic E-state index is 12.4. The first kappa shape index (κ1) is 29.6. The smallest absolute Gasteiger partial charge is 0.338 e. The van der Waals surface area contributed by atoms with E-state index in [4.69, 9.17) is 21.1 Å². The van der Waals surface area contributed by atoms with Crippen LogP contribution in [0.1, 0.15) is 88.4 Å². The number of hydrogen-bond acceptors (Lipinski definition) is 5. The molecule has 6 heteroatoms. The van der Waals surface area contributed by atoms with Crippen molar-refractivity contribution in [3.05, 3.63) is 66.5 Å². The lowest BCUT2D eigenvalue weighted by Crippen LogP contribution is -2.14. The summed E-state index contributed by atoms with van der Waals surface area (Å²) in [4.78, 5) is 21.4. The third kappa shape index (κ3) is 10.1. The molecule has 0 aliphatic heterocycles. The number of aromatic nitrogens is 2. The Morgan fingerprint density at radius 3 is 1.95 bits per heavy atom. The van der Waals surface area contributed by atoms with E-state index in [-0.39, 0.29) is 18.0 Å². The maximum Gasteiger partial charge on any atom is 0.338 e. The predicted octanol–water partition coefficient (Wildman–Crippen LogP) is 8.89. The number of unbranched alkanes of at least 4 members (excludes halogenated alkanes) is 7. The van der Waals surface area contributed by atoms with E-state index in [1.165, 1.54) is 44.9 Å². The molecule has 3 aromatic rings. The van der Waals surface area contributed by atoms with Gasteiger partial charge in [-0.3, -0.25) is 0 Å². The van der Waals surface area contributed by atoms with Crippen molar-refractivity contribution in [1.29, 1.82) is 0 Å². The molecule has 204 valence electrons. The van der Waals surface area contributed by atoms with Crippen LogP contribution in [-0.2, 0) is 4.74 Å². The van der Waals surface area contributed by atoms with E-state index >= 15 is 0 Å². The molecule has 0 saturated heterocycles. The molecule has 0 fully saturated rings. The molecule has 0 N–H and O–H groups in total.